The van der Waals surface area contributed by atoms with E-state index in [0.29, 0.717) is 19.4 Å². The summed E-state index contributed by atoms with van der Waals surface area (Å²) in [7, 11) is 2.82. The van der Waals surface area contributed by atoms with Gasteiger partial charge in [-0.25, -0.2) is 9.59 Å². The average molecular weight is 454 g/mol. The Bertz CT molecular complexity index is 698. The molecule has 0 bridgehead atoms. The molecule has 1 aliphatic carbocycles. The van der Waals surface area contributed by atoms with Crippen molar-refractivity contribution in [2.45, 2.75) is 96.4 Å². The minimum absolute atomic E-state index is 0.00173. The summed E-state index contributed by atoms with van der Waals surface area (Å²) in [5.74, 6) is -1.10. The lowest BCUT2D eigenvalue weighted by Crippen LogP contribution is -2.58. The smallest absolute Gasteiger partial charge is 0.410 e. The zero-order chi connectivity index (χ0) is 24.1. The standard InChI is InChI=1S/C23H39N3O6/c1-15(25(5)22(30)32-23(2,3)4)19(27)24-18(16-11-8-7-9-12-16)20(28)26-14-10-13-17(26)21(29)31-6/h15-18H,7-14H2,1-6H3,(H,24,27)/t15?,17-,18?/m0/s1. The van der Waals surface area contributed by atoms with E-state index < -0.39 is 41.7 Å². The Balaban J connectivity index is 2.16. The summed E-state index contributed by atoms with van der Waals surface area (Å²) in [6, 6.07) is -2.17. The fourth-order valence-electron chi connectivity index (χ4n) is 4.38. The Hall–Kier alpha value is -2.32. The maximum atomic E-state index is 13.5. The monoisotopic (exact) mass is 453 g/mol. The highest BCUT2D eigenvalue weighted by Crippen LogP contribution is 2.29. The van der Waals surface area contributed by atoms with Crippen LogP contribution in [0.1, 0.15) is 72.6 Å². The summed E-state index contributed by atoms with van der Waals surface area (Å²) in [4.78, 5) is 53.9. The maximum absolute atomic E-state index is 13.5. The maximum Gasteiger partial charge on any atom is 0.410 e. The van der Waals surface area contributed by atoms with Crippen molar-refractivity contribution in [1.29, 1.82) is 0 Å². The van der Waals surface area contributed by atoms with Crippen molar-refractivity contribution in [2.75, 3.05) is 20.7 Å². The molecule has 0 spiro atoms. The molecule has 2 fully saturated rings. The van der Waals surface area contributed by atoms with Gasteiger partial charge in [0.15, 0.2) is 0 Å². The lowest BCUT2D eigenvalue weighted by molar-refractivity contribution is -0.152. The van der Waals surface area contributed by atoms with E-state index in [2.05, 4.69) is 5.32 Å². The van der Waals surface area contributed by atoms with Crippen LogP contribution in [-0.2, 0) is 23.9 Å². The van der Waals surface area contributed by atoms with Crippen LogP contribution in [0, 0.1) is 5.92 Å². The van der Waals surface area contributed by atoms with Crippen molar-refractivity contribution >= 4 is 23.9 Å². The predicted octanol–water partition coefficient (Wildman–Crippen LogP) is 2.47. The normalized spacial score (nSPS) is 21.4. The Morgan fingerprint density at radius 2 is 1.66 bits per heavy atom. The van der Waals surface area contributed by atoms with Gasteiger partial charge >= 0.3 is 12.1 Å². The van der Waals surface area contributed by atoms with E-state index in [1.54, 1.807) is 32.6 Å². The van der Waals surface area contributed by atoms with Crippen molar-refractivity contribution in [3.63, 3.8) is 0 Å². The average Bonchev–Trinajstić information content (AvgIpc) is 3.24. The van der Waals surface area contributed by atoms with Gasteiger partial charge in [0.1, 0.15) is 23.7 Å². The third-order valence-electron chi connectivity index (χ3n) is 6.34. The number of likely N-dealkylation sites (tertiary alicyclic amines) is 1. The Morgan fingerprint density at radius 1 is 1.03 bits per heavy atom. The van der Waals surface area contributed by atoms with Crippen LogP contribution in [0.3, 0.4) is 0 Å². The number of carbonyl (C=O) groups excluding carboxylic acids is 4. The molecule has 182 valence electrons. The second-order valence-electron chi connectivity index (χ2n) is 9.86. The number of carbonyl (C=O) groups is 4. The Morgan fingerprint density at radius 3 is 2.22 bits per heavy atom. The van der Waals surface area contributed by atoms with E-state index in [1.165, 1.54) is 19.1 Å². The highest BCUT2D eigenvalue weighted by atomic mass is 16.6. The number of hydrogen-bond acceptors (Lipinski definition) is 6. The molecule has 0 aromatic heterocycles. The van der Waals surface area contributed by atoms with Gasteiger partial charge in [-0.3, -0.25) is 14.5 Å². The lowest BCUT2D eigenvalue weighted by atomic mass is 9.83. The molecule has 1 saturated carbocycles. The van der Waals surface area contributed by atoms with Crippen molar-refractivity contribution < 1.29 is 28.7 Å². The van der Waals surface area contributed by atoms with E-state index in [-0.39, 0.29) is 11.8 Å². The lowest BCUT2D eigenvalue weighted by Gasteiger charge is -2.35. The number of rotatable bonds is 6. The number of nitrogens with zero attached hydrogens (tertiary/aromatic N) is 2. The van der Waals surface area contributed by atoms with Crippen LogP contribution in [0.25, 0.3) is 0 Å². The molecule has 3 atom stereocenters. The molecule has 1 saturated heterocycles. The molecule has 2 aliphatic rings. The van der Waals surface area contributed by atoms with Crippen LogP contribution >= 0.6 is 0 Å². The summed E-state index contributed by atoms with van der Waals surface area (Å²) in [5, 5.41) is 2.91. The quantitative estimate of drug-likeness (QED) is 0.620. The van der Waals surface area contributed by atoms with Crippen molar-refractivity contribution in [3.05, 3.63) is 0 Å². The van der Waals surface area contributed by atoms with E-state index >= 15 is 0 Å². The number of amides is 3. The summed E-state index contributed by atoms with van der Waals surface area (Å²) in [6.45, 7) is 7.35. The van der Waals surface area contributed by atoms with Crippen LogP contribution in [0.4, 0.5) is 4.79 Å². The van der Waals surface area contributed by atoms with E-state index in [9.17, 15) is 19.2 Å². The minimum atomic E-state index is -0.821. The first-order valence-electron chi connectivity index (χ1n) is 11.6. The molecule has 2 unspecified atom stereocenters. The minimum Gasteiger partial charge on any atom is -0.467 e. The second kappa shape index (κ2) is 11.0. The second-order valence-corrected chi connectivity index (χ2v) is 9.86. The molecule has 9 nitrogen and oxygen atoms in total. The van der Waals surface area contributed by atoms with Gasteiger partial charge < -0.3 is 19.7 Å². The van der Waals surface area contributed by atoms with Crippen LogP contribution < -0.4 is 5.32 Å². The molecule has 0 aromatic carbocycles. The van der Waals surface area contributed by atoms with Crippen LogP contribution in [0.2, 0.25) is 0 Å². The van der Waals surface area contributed by atoms with Gasteiger partial charge in [-0.2, -0.15) is 0 Å². The van der Waals surface area contributed by atoms with Gasteiger partial charge in [-0.05, 0) is 59.3 Å². The number of nitrogens with one attached hydrogen (secondary N) is 1. The summed E-state index contributed by atoms with van der Waals surface area (Å²) in [6.07, 6.45) is 5.45. The molecule has 3 amide bonds. The van der Waals surface area contributed by atoms with Gasteiger partial charge in [0, 0.05) is 13.6 Å². The van der Waals surface area contributed by atoms with E-state index in [0.717, 1.165) is 32.1 Å². The van der Waals surface area contributed by atoms with Crippen LogP contribution in [-0.4, -0.2) is 78.1 Å². The molecular formula is C23H39N3O6. The zero-order valence-electron chi connectivity index (χ0n) is 20.3. The van der Waals surface area contributed by atoms with Crippen molar-refractivity contribution in [3.8, 4) is 0 Å². The highest BCUT2D eigenvalue weighted by Gasteiger charge is 2.42. The predicted molar refractivity (Wildman–Crippen MR) is 119 cm³/mol. The Labute approximate surface area is 191 Å². The number of hydrogen-bond donors (Lipinski definition) is 1. The van der Waals surface area contributed by atoms with Crippen molar-refractivity contribution in [1.82, 2.24) is 15.1 Å². The van der Waals surface area contributed by atoms with Gasteiger partial charge in [0.2, 0.25) is 11.8 Å². The van der Waals surface area contributed by atoms with E-state index in [1.807, 2.05) is 0 Å². The van der Waals surface area contributed by atoms with E-state index in [4.69, 9.17) is 9.47 Å². The SMILES string of the molecule is COC(=O)[C@@H]1CCCN1C(=O)C(NC(=O)C(C)N(C)C(=O)OC(C)(C)C)C1CCCCC1. The van der Waals surface area contributed by atoms with Gasteiger partial charge in [-0.15, -0.1) is 0 Å². The summed E-state index contributed by atoms with van der Waals surface area (Å²) < 4.78 is 10.2. The molecular weight excluding hydrogens is 414 g/mol. The van der Waals surface area contributed by atoms with Gasteiger partial charge in [0.25, 0.3) is 0 Å². The van der Waals surface area contributed by atoms with Crippen LogP contribution in [0.15, 0.2) is 0 Å². The largest absolute Gasteiger partial charge is 0.467 e. The van der Waals surface area contributed by atoms with Gasteiger partial charge in [-0.1, -0.05) is 19.3 Å². The first kappa shape index (κ1) is 25.9. The molecule has 1 heterocycles. The molecule has 0 radical (unpaired) electrons. The molecule has 1 aliphatic heterocycles. The third-order valence-corrected chi connectivity index (χ3v) is 6.34. The molecule has 2 rings (SSSR count). The fraction of sp³-hybridized carbons (Fsp3) is 0.826. The number of likely N-dealkylation sites (N-methyl/N-ethyl adjacent to an activating group) is 1. The zero-order valence-corrected chi connectivity index (χ0v) is 20.3. The number of esters is 1. The highest BCUT2D eigenvalue weighted by molar-refractivity contribution is 5.93. The topological polar surface area (TPSA) is 105 Å². The van der Waals surface area contributed by atoms with Crippen molar-refractivity contribution in [2.24, 2.45) is 5.92 Å². The molecule has 0 aromatic rings. The number of methoxy groups -OCH3 is 1. The third kappa shape index (κ3) is 6.59. The van der Waals surface area contributed by atoms with Crippen LogP contribution in [0.5, 0.6) is 0 Å². The first-order chi connectivity index (χ1) is 15.0. The Kier molecular flexibility index (Phi) is 8.92. The number of ether oxygens (including phenoxy) is 2. The summed E-state index contributed by atoms with van der Waals surface area (Å²) >= 11 is 0. The molecule has 9 heteroatoms. The fourth-order valence-corrected chi connectivity index (χ4v) is 4.38. The van der Waals surface area contributed by atoms with Gasteiger partial charge in [0.05, 0.1) is 7.11 Å². The molecule has 32 heavy (non-hydrogen) atoms. The molecule has 1 N–H and O–H groups in total. The first-order valence-corrected chi connectivity index (χ1v) is 11.6. The summed E-state index contributed by atoms with van der Waals surface area (Å²) in [5.41, 5.74) is -0.680.